The number of hydrogen-bond donors (Lipinski definition) is 2. The van der Waals surface area contributed by atoms with E-state index in [2.05, 4.69) is 10.6 Å². The first kappa shape index (κ1) is 25.0. The fraction of sp³-hybridized carbons (Fsp3) is 0.609. The molecule has 0 radical (unpaired) electrons. The Morgan fingerprint density at radius 3 is 2.58 bits per heavy atom. The molecule has 8 heteroatoms. The lowest BCUT2D eigenvalue weighted by molar-refractivity contribution is -0.140. The summed E-state index contributed by atoms with van der Waals surface area (Å²) in [7, 11) is 0. The number of ether oxygens (including phenoxy) is 1. The Hall–Kier alpha value is -2.28. The van der Waals surface area contributed by atoms with Crippen LogP contribution in [0, 0.1) is 5.92 Å². The van der Waals surface area contributed by atoms with Gasteiger partial charge in [0.05, 0.1) is 0 Å². The Morgan fingerprint density at radius 2 is 1.97 bits per heavy atom. The summed E-state index contributed by atoms with van der Waals surface area (Å²) in [5, 5.41) is 6.21. The highest BCUT2D eigenvalue weighted by Gasteiger charge is 2.38. The first-order chi connectivity index (χ1) is 14.5. The minimum atomic E-state index is -0.740. The molecular formula is C23H34ClN3O4. The van der Waals surface area contributed by atoms with Gasteiger partial charge in [0, 0.05) is 18.1 Å². The zero-order valence-electron chi connectivity index (χ0n) is 19.0. The molecule has 3 amide bonds. The van der Waals surface area contributed by atoms with Crippen LogP contribution in [-0.4, -0.2) is 47.0 Å². The van der Waals surface area contributed by atoms with E-state index in [1.54, 1.807) is 37.8 Å². The van der Waals surface area contributed by atoms with Gasteiger partial charge in [0.2, 0.25) is 11.8 Å². The largest absolute Gasteiger partial charge is 0.444 e. The van der Waals surface area contributed by atoms with Gasteiger partial charge >= 0.3 is 6.09 Å². The lowest BCUT2D eigenvalue weighted by Gasteiger charge is -2.30. The molecule has 0 aromatic heterocycles. The number of nitrogens with one attached hydrogen (secondary N) is 2. The Morgan fingerprint density at radius 1 is 1.26 bits per heavy atom. The zero-order chi connectivity index (χ0) is 23.2. The van der Waals surface area contributed by atoms with Gasteiger partial charge in [-0.25, -0.2) is 4.79 Å². The van der Waals surface area contributed by atoms with E-state index in [1.165, 1.54) is 0 Å². The third-order valence-electron chi connectivity index (χ3n) is 4.89. The number of hydrogen-bond acceptors (Lipinski definition) is 4. The number of nitrogens with zero attached hydrogens (tertiary/aromatic N) is 1. The summed E-state index contributed by atoms with van der Waals surface area (Å²) in [5.41, 5.74) is 0.229. The topological polar surface area (TPSA) is 87.7 Å². The van der Waals surface area contributed by atoms with Crippen molar-refractivity contribution in [3.63, 3.8) is 0 Å². The predicted octanol–water partition coefficient (Wildman–Crippen LogP) is 3.89. The van der Waals surface area contributed by atoms with Crippen molar-refractivity contribution in [1.82, 2.24) is 15.5 Å². The summed E-state index contributed by atoms with van der Waals surface area (Å²) in [5.74, 6) is -0.270. The van der Waals surface area contributed by atoms with Gasteiger partial charge in [0.1, 0.15) is 17.7 Å². The van der Waals surface area contributed by atoms with Crippen LogP contribution in [-0.2, 0) is 20.9 Å². The molecule has 2 atom stereocenters. The number of benzene rings is 1. The maximum Gasteiger partial charge on any atom is 0.408 e. The van der Waals surface area contributed by atoms with Gasteiger partial charge in [0.25, 0.3) is 0 Å². The van der Waals surface area contributed by atoms with Crippen molar-refractivity contribution in [3.8, 4) is 0 Å². The second kappa shape index (κ2) is 10.8. The number of likely N-dealkylation sites (tertiary alicyclic amines) is 1. The smallest absolute Gasteiger partial charge is 0.408 e. The van der Waals surface area contributed by atoms with E-state index in [1.807, 2.05) is 26.0 Å². The maximum absolute atomic E-state index is 13.3. The summed E-state index contributed by atoms with van der Waals surface area (Å²) in [6.45, 7) is 10.1. The van der Waals surface area contributed by atoms with Gasteiger partial charge in [-0.15, -0.1) is 0 Å². The number of amides is 3. The van der Waals surface area contributed by atoms with Crippen molar-refractivity contribution in [3.05, 3.63) is 34.9 Å². The van der Waals surface area contributed by atoms with Crippen molar-refractivity contribution in [2.75, 3.05) is 6.54 Å². The summed E-state index contributed by atoms with van der Waals surface area (Å²) in [6.07, 6.45) is 1.16. The summed E-state index contributed by atoms with van der Waals surface area (Å²) >= 11 is 6.00. The zero-order valence-corrected chi connectivity index (χ0v) is 19.8. The van der Waals surface area contributed by atoms with E-state index in [4.69, 9.17) is 16.3 Å². The molecule has 1 aliphatic heterocycles. The Bertz CT molecular complexity index is 791. The van der Waals surface area contributed by atoms with Crippen LogP contribution in [0.4, 0.5) is 4.79 Å². The van der Waals surface area contributed by atoms with Crippen molar-refractivity contribution < 1.29 is 19.1 Å². The van der Waals surface area contributed by atoms with E-state index in [9.17, 15) is 14.4 Å². The SMILES string of the molecule is CC(C)C[C@@H](NC(=O)OC(C)(C)C)C(=O)N1CCC[C@H]1C(=O)NCc1cccc(Cl)c1. The Labute approximate surface area is 189 Å². The fourth-order valence-electron chi connectivity index (χ4n) is 3.60. The lowest BCUT2D eigenvalue weighted by Crippen LogP contribution is -2.54. The average molecular weight is 452 g/mol. The maximum atomic E-state index is 13.3. The van der Waals surface area contributed by atoms with E-state index in [-0.39, 0.29) is 17.7 Å². The third kappa shape index (κ3) is 8.05. The number of carbonyl (C=O) groups excluding carboxylic acids is 3. The summed E-state index contributed by atoms with van der Waals surface area (Å²) < 4.78 is 5.32. The van der Waals surface area contributed by atoms with Crippen LogP contribution < -0.4 is 10.6 Å². The van der Waals surface area contributed by atoms with E-state index >= 15 is 0 Å². The quantitative estimate of drug-likeness (QED) is 0.658. The second-order valence-electron chi connectivity index (χ2n) is 9.37. The number of carbonyl (C=O) groups is 3. The Kier molecular flexibility index (Phi) is 8.74. The highest BCUT2D eigenvalue weighted by molar-refractivity contribution is 6.30. The first-order valence-corrected chi connectivity index (χ1v) is 11.2. The molecule has 0 bridgehead atoms. The van der Waals surface area contributed by atoms with Crippen LogP contribution in [0.5, 0.6) is 0 Å². The molecule has 1 aromatic rings. The van der Waals surface area contributed by atoms with Crippen LogP contribution in [0.2, 0.25) is 5.02 Å². The van der Waals surface area contributed by atoms with Gasteiger partial charge in [-0.2, -0.15) is 0 Å². The van der Waals surface area contributed by atoms with Crippen LogP contribution in [0.1, 0.15) is 59.4 Å². The minimum Gasteiger partial charge on any atom is -0.444 e. The standard InChI is InChI=1S/C23H34ClN3O4/c1-15(2)12-18(26-22(30)31-23(3,4)5)21(29)27-11-7-10-19(27)20(28)25-14-16-8-6-9-17(24)13-16/h6,8-9,13,15,18-19H,7,10-12,14H2,1-5H3,(H,25,28)(H,26,30)/t18-,19+/m1/s1. The highest BCUT2D eigenvalue weighted by Crippen LogP contribution is 2.21. The van der Waals surface area contributed by atoms with Crippen LogP contribution in [0.3, 0.4) is 0 Å². The van der Waals surface area contributed by atoms with Crippen LogP contribution in [0.15, 0.2) is 24.3 Å². The average Bonchev–Trinajstić information content (AvgIpc) is 3.13. The molecule has 0 aliphatic carbocycles. The van der Waals surface area contributed by atoms with Crippen LogP contribution in [0.25, 0.3) is 0 Å². The van der Waals surface area contributed by atoms with Crippen LogP contribution >= 0.6 is 11.6 Å². The highest BCUT2D eigenvalue weighted by atomic mass is 35.5. The monoisotopic (exact) mass is 451 g/mol. The molecule has 0 saturated carbocycles. The van der Waals surface area contributed by atoms with Crippen molar-refractivity contribution in [1.29, 1.82) is 0 Å². The number of rotatable bonds is 7. The van der Waals surface area contributed by atoms with Gasteiger partial charge in [0.15, 0.2) is 0 Å². The molecule has 1 fully saturated rings. The normalized spacial score (nSPS) is 17.4. The molecular weight excluding hydrogens is 418 g/mol. The molecule has 1 heterocycles. The van der Waals surface area contributed by atoms with Gasteiger partial charge in [-0.1, -0.05) is 37.6 Å². The molecule has 0 spiro atoms. The predicted molar refractivity (Wildman–Crippen MR) is 121 cm³/mol. The van der Waals surface area contributed by atoms with E-state index in [0.29, 0.717) is 31.0 Å². The van der Waals surface area contributed by atoms with Crippen molar-refractivity contribution in [2.24, 2.45) is 5.92 Å². The molecule has 2 rings (SSSR count). The Balaban J connectivity index is 2.04. The molecule has 7 nitrogen and oxygen atoms in total. The van der Waals surface area contributed by atoms with Crippen molar-refractivity contribution in [2.45, 2.75) is 78.1 Å². The van der Waals surface area contributed by atoms with Gasteiger partial charge in [-0.3, -0.25) is 9.59 Å². The molecule has 172 valence electrons. The van der Waals surface area contributed by atoms with Gasteiger partial charge in [-0.05, 0) is 63.6 Å². The number of alkyl carbamates (subject to hydrolysis) is 1. The molecule has 0 unspecified atom stereocenters. The fourth-order valence-corrected chi connectivity index (χ4v) is 3.81. The second-order valence-corrected chi connectivity index (χ2v) is 9.80. The van der Waals surface area contributed by atoms with E-state index < -0.39 is 23.8 Å². The molecule has 1 aliphatic rings. The third-order valence-corrected chi connectivity index (χ3v) is 5.13. The number of halogens is 1. The summed E-state index contributed by atoms with van der Waals surface area (Å²) in [6, 6.07) is 5.99. The van der Waals surface area contributed by atoms with Gasteiger partial charge < -0.3 is 20.3 Å². The molecule has 2 N–H and O–H groups in total. The lowest BCUT2D eigenvalue weighted by atomic mass is 10.0. The molecule has 31 heavy (non-hydrogen) atoms. The summed E-state index contributed by atoms with van der Waals surface area (Å²) in [4.78, 5) is 40.0. The van der Waals surface area contributed by atoms with E-state index in [0.717, 1.165) is 12.0 Å². The van der Waals surface area contributed by atoms with Crippen molar-refractivity contribution >= 4 is 29.5 Å². The molecule has 1 aromatic carbocycles. The first-order valence-electron chi connectivity index (χ1n) is 10.8. The minimum absolute atomic E-state index is 0.182. The molecule has 1 saturated heterocycles.